The predicted octanol–water partition coefficient (Wildman–Crippen LogP) is 2.04. The summed E-state index contributed by atoms with van der Waals surface area (Å²) in [6.07, 6.45) is -4.57. The average Bonchev–Trinajstić information content (AvgIpc) is 2.25. The van der Waals surface area contributed by atoms with E-state index in [2.05, 4.69) is 0 Å². The van der Waals surface area contributed by atoms with E-state index in [4.69, 9.17) is 15.7 Å². The summed E-state index contributed by atoms with van der Waals surface area (Å²) in [7, 11) is 1.31. The van der Waals surface area contributed by atoms with Crippen LogP contribution in [0.5, 0.6) is 5.75 Å². The maximum Gasteiger partial charge on any atom is 0.417 e. The molecule has 0 radical (unpaired) electrons. The van der Waals surface area contributed by atoms with Crippen molar-refractivity contribution >= 4 is 0 Å². The number of ether oxygens (including phenoxy) is 1. The number of hydrogen-bond acceptors (Lipinski definition) is 3. The van der Waals surface area contributed by atoms with Gasteiger partial charge in [-0.2, -0.15) is 18.4 Å². The van der Waals surface area contributed by atoms with Gasteiger partial charge in [0.05, 0.1) is 18.2 Å². The lowest BCUT2D eigenvalue weighted by molar-refractivity contribution is -0.137. The van der Waals surface area contributed by atoms with Gasteiger partial charge in [0, 0.05) is 12.1 Å². The van der Waals surface area contributed by atoms with Gasteiger partial charge in [0.15, 0.2) is 0 Å². The van der Waals surface area contributed by atoms with Crippen LogP contribution in [0.2, 0.25) is 0 Å². The van der Waals surface area contributed by atoms with Crippen molar-refractivity contribution in [2.24, 2.45) is 5.73 Å². The van der Waals surface area contributed by atoms with Gasteiger partial charge in [-0.1, -0.05) is 0 Å². The fraction of sp³-hybridized carbons (Fsp3) is 0.300. The number of rotatable bonds is 2. The van der Waals surface area contributed by atoms with Crippen molar-refractivity contribution < 1.29 is 17.9 Å². The van der Waals surface area contributed by atoms with E-state index in [-0.39, 0.29) is 17.9 Å². The molecule has 0 atom stereocenters. The first-order valence-electron chi connectivity index (χ1n) is 4.33. The minimum absolute atomic E-state index is 0.0693. The molecule has 3 nitrogen and oxygen atoms in total. The molecular weight excluding hydrogens is 221 g/mol. The number of nitriles is 1. The predicted molar refractivity (Wildman–Crippen MR) is 50.6 cm³/mol. The van der Waals surface area contributed by atoms with Crippen molar-refractivity contribution in [2.45, 2.75) is 12.7 Å². The van der Waals surface area contributed by atoms with Crippen LogP contribution in [0.4, 0.5) is 13.2 Å². The molecule has 0 bridgehead atoms. The summed E-state index contributed by atoms with van der Waals surface area (Å²) in [6, 6.07) is 3.49. The molecule has 1 rings (SSSR count). The van der Waals surface area contributed by atoms with Crippen molar-refractivity contribution in [1.29, 1.82) is 5.26 Å². The highest BCUT2D eigenvalue weighted by Crippen LogP contribution is 2.36. The molecule has 0 saturated heterocycles. The van der Waals surface area contributed by atoms with E-state index >= 15 is 0 Å². The summed E-state index contributed by atoms with van der Waals surface area (Å²) in [5.74, 6) is 0.187. The van der Waals surface area contributed by atoms with Crippen LogP contribution >= 0.6 is 0 Å². The fourth-order valence-corrected chi connectivity index (χ4v) is 1.39. The summed E-state index contributed by atoms with van der Waals surface area (Å²) < 4.78 is 42.5. The molecule has 86 valence electrons. The van der Waals surface area contributed by atoms with E-state index in [9.17, 15) is 13.2 Å². The molecule has 0 unspecified atom stereocenters. The largest absolute Gasteiger partial charge is 0.496 e. The van der Waals surface area contributed by atoms with E-state index in [1.807, 2.05) is 0 Å². The van der Waals surface area contributed by atoms with E-state index in [1.165, 1.54) is 13.2 Å². The van der Waals surface area contributed by atoms with Gasteiger partial charge in [-0.3, -0.25) is 0 Å². The van der Waals surface area contributed by atoms with Gasteiger partial charge in [0.25, 0.3) is 0 Å². The summed E-state index contributed by atoms with van der Waals surface area (Å²) in [6.45, 7) is -0.185. The third-order valence-electron chi connectivity index (χ3n) is 2.11. The first-order chi connectivity index (χ1) is 7.45. The Morgan fingerprint density at radius 2 is 2.06 bits per heavy atom. The molecule has 1 aromatic rings. The lowest BCUT2D eigenvalue weighted by Crippen LogP contribution is -2.12. The van der Waals surface area contributed by atoms with E-state index < -0.39 is 17.3 Å². The highest BCUT2D eigenvalue weighted by Gasteiger charge is 2.35. The average molecular weight is 230 g/mol. The van der Waals surface area contributed by atoms with Crippen LogP contribution in [0, 0.1) is 11.3 Å². The van der Waals surface area contributed by atoms with Gasteiger partial charge in [0.2, 0.25) is 0 Å². The Morgan fingerprint density at radius 1 is 1.44 bits per heavy atom. The molecule has 0 saturated carbocycles. The Morgan fingerprint density at radius 3 is 2.44 bits per heavy atom. The molecule has 0 aliphatic rings. The smallest absolute Gasteiger partial charge is 0.417 e. The molecular formula is C10H9F3N2O. The van der Waals surface area contributed by atoms with Crippen molar-refractivity contribution in [3.8, 4) is 11.8 Å². The van der Waals surface area contributed by atoms with Crippen LogP contribution in [-0.2, 0) is 12.7 Å². The van der Waals surface area contributed by atoms with Crippen LogP contribution in [0.3, 0.4) is 0 Å². The highest BCUT2D eigenvalue weighted by molar-refractivity contribution is 5.52. The van der Waals surface area contributed by atoms with Crippen LogP contribution < -0.4 is 10.5 Å². The van der Waals surface area contributed by atoms with Crippen molar-refractivity contribution in [3.63, 3.8) is 0 Å². The van der Waals surface area contributed by atoms with Crippen molar-refractivity contribution in [2.75, 3.05) is 7.11 Å². The summed E-state index contributed by atoms with van der Waals surface area (Å²) in [5, 5.41) is 8.75. The second kappa shape index (κ2) is 4.41. The van der Waals surface area contributed by atoms with Gasteiger partial charge in [-0.05, 0) is 12.1 Å². The van der Waals surface area contributed by atoms with E-state index in [0.717, 1.165) is 12.1 Å². The molecule has 1 aromatic carbocycles. The highest BCUT2D eigenvalue weighted by atomic mass is 19.4. The zero-order valence-corrected chi connectivity index (χ0v) is 8.43. The SMILES string of the molecule is COc1ccc(C(F)(F)F)c(C#N)c1CN. The van der Waals surface area contributed by atoms with Crippen LogP contribution in [-0.4, -0.2) is 7.11 Å². The fourth-order valence-electron chi connectivity index (χ4n) is 1.39. The third kappa shape index (κ3) is 2.09. The molecule has 0 fully saturated rings. The number of nitrogens with zero attached hydrogens (tertiary/aromatic N) is 1. The van der Waals surface area contributed by atoms with Gasteiger partial charge in [0.1, 0.15) is 11.8 Å². The Kier molecular flexibility index (Phi) is 3.40. The molecule has 0 spiro atoms. The minimum Gasteiger partial charge on any atom is -0.496 e. The molecule has 6 heteroatoms. The first-order valence-corrected chi connectivity index (χ1v) is 4.33. The third-order valence-corrected chi connectivity index (χ3v) is 2.11. The van der Waals surface area contributed by atoms with E-state index in [1.54, 1.807) is 0 Å². The number of alkyl halides is 3. The number of halogens is 3. The standard InChI is InChI=1S/C10H9F3N2O/c1-16-9-3-2-8(10(11,12)13)6(4-14)7(9)5-15/h2-3H,5,15H2,1H3. The molecule has 0 heterocycles. The van der Waals surface area contributed by atoms with Crippen LogP contribution in [0.1, 0.15) is 16.7 Å². The number of hydrogen-bond donors (Lipinski definition) is 1. The molecule has 0 amide bonds. The maximum atomic E-state index is 12.6. The topological polar surface area (TPSA) is 59.0 Å². The Balaban J connectivity index is 3.52. The second-order valence-electron chi connectivity index (χ2n) is 2.98. The zero-order valence-electron chi connectivity index (χ0n) is 8.43. The Hall–Kier alpha value is -1.74. The van der Waals surface area contributed by atoms with Crippen LogP contribution in [0.15, 0.2) is 12.1 Å². The summed E-state index contributed by atoms with van der Waals surface area (Å²) in [4.78, 5) is 0. The lowest BCUT2D eigenvalue weighted by Gasteiger charge is -2.14. The quantitative estimate of drug-likeness (QED) is 0.845. The molecule has 0 aliphatic carbocycles. The summed E-state index contributed by atoms with van der Waals surface area (Å²) in [5.41, 5.74) is 3.92. The number of nitrogens with two attached hydrogens (primary N) is 1. The van der Waals surface area contributed by atoms with Crippen molar-refractivity contribution in [3.05, 3.63) is 28.8 Å². The number of benzene rings is 1. The first kappa shape index (κ1) is 12.3. The molecule has 2 N–H and O–H groups in total. The monoisotopic (exact) mass is 230 g/mol. The zero-order chi connectivity index (χ0) is 12.3. The van der Waals surface area contributed by atoms with Gasteiger partial charge in [-0.15, -0.1) is 0 Å². The maximum absolute atomic E-state index is 12.6. The minimum atomic E-state index is -4.57. The van der Waals surface area contributed by atoms with Gasteiger partial charge >= 0.3 is 6.18 Å². The second-order valence-corrected chi connectivity index (χ2v) is 2.98. The molecule has 0 aromatic heterocycles. The Labute approximate surface area is 90.2 Å². The normalized spacial score (nSPS) is 11.0. The van der Waals surface area contributed by atoms with E-state index in [0.29, 0.717) is 0 Å². The van der Waals surface area contributed by atoms with Gasteiger partial charge < -0.3 is 10.5 Å². The molecule has 16 heavy (non-hydrogen) atoms. The van der Waals surface area contributed by atoms with Crippen LogP contribution in [0.25, 0.3) is 0 Å². The van der Waals surface area contributed by atoms with Crippen molar-refractivity contribution in [1.82, 2.24) is 0 Å². The lowest BCUT2D eigenvalue weighted by atomic mass is 10.0. The molecule has 0 aliphatic heterocycles. The Bertz CT molecular complexity index is 435. The number of methoxy groups -OCH3 is 1. The summed E-state index contributed by atoms with van der Waals surface area (Å²) >= 11 is 0. The van der Waals surface area contributed by atoms with Gasteiger partial charge in [-0.25, -0.2) is 0 Å².